The van der Waals surface area contributed by atoms with Crippen molar-refractivity contribution in [2.24, 2.45) is 5.41 Å². The van der Waals surface area contributed by atoms with E-state index in [0.29, 0.717) is 6.42 Å². The molecular formula is C23H28N3O. The molecule has 4 rings (SSSR count). The van der Waals surface area contributed by atoms with Gasteiger partial charge < -0.3 is 10.6 Å². The second kappa shape index (κ2) is 6.29. The van der Waals surface area contributed by atoms with Gasteiger partial charge in [0.25, 0.3) is 0 Å². The van der Waals surface area contributed by atoms with Gasteiger partial charge in [0.1, 0.15) is 6.17 Å². The normalized spacial score (nSPS) is 20.8. The van der Waals surface area contributed by atoms with Gasteiger partial charge in [-0.1, -0.05) is 45.9 Å². The molecule has 1 atom stereocenters. The lowest BCUT2D eigenvalue weighted by molar-refractivity contribution is -0.118. The van der Waals surface area contributed by atoms with Gasteiger partial charge in [-0.2, -0.15) is 0 Å². The van der Waals surface area contributed by atoms with Crippen molar-refractivity contribution in [2.75, 3.05) is 22.1 Å². The smallest absolute Gasteiger partial charge is 0.233 e. The number of benzene rings is 2. The lowest BCUT2D eigenvalue weighted by Gasteiger charge is -2.52. The summed E-state index contributed by atoms with van der Waals surface area (Å²) < 4.78 is 0. The van der Waals surface area contributed by atoms with E-state index >= 15 is 0 Å². The fraction of sp³-hybridized carbons (Fsp3) is 0.391. The number of carbonyl (C=O) groups excluding carboxylic acids is 1. The number of fused-ring (bicyclic) bond motifs is 2. The van der Waals surface area contributed by atoms with Crippen LogP contribution in [0.15, 0.2) is 42.5 Å². The molecule has 0 fully saturated rings. The molecule has 4 heteroatoms. The number of amides is 1. The van der Waals surface area contributed by atoms with Crippen LogP contribution in [0.5, 0.6) is 0 Å². The molecule has 2 aliphatic rings. The summed E-state index contributed by atoms with van der Waals surface area (Å²) in [5, 5.41) is 0. The Kier molecular flexibility index (Phi) is 4.17. The maximum absolute atomic E-state index is 13.1. The molecule has 0 saturated carbocycles. The summed E-state index contributed by atoms with van der Waals surface area (Å²) in [4.78, 5) is 17.5. The Hall–Kier alpha value is -2.49. The van der Waals surface area contributed by atoms with Gasteiger partial charge in [-0.15, -0.1) is 0 Å². The van der Waals surface area contributed by atoms with E-state index in [2.05, 4.69) is 56.9 Å². The van der Waals surface area contributed by atoms with Crippen molar-refractivity contribution in [2.45, 2.75) is 46.7 Å². The number of nitrogens with two attached hydrogens (primary N) is 1. The van der Waals surface area contributed by atoms with Crippen molar-refractivity contribution in [3.63, 3.8) is 0 Å². The number of nitrogen functional groups attached to an aromatic ring is 1. The highest BCUT2D eigenvalue weighted by Gasteiger charge is 2.47. The highest BCUT2D eigenvalue weighted by molar-refractivity contribution is 6.02. The van der Waals surface area contributed by atoms with Crippen LogP contribution in [0.2, 0.25) is 0 Å². The highest BCUT2D eigenvalue weighted by atomic mass is 16.2. The molecular weight excluding hydrogens is 334 g/mol. The molecule has 2 heterocycles. The zero-order chi connectivity index (χ0) is 19.3. The minimum Gasteiger partial charge on any atom is -0.399 e. The van der Waals surface area contributed by atoms with Crippen LogP contribution in [0.25, 0.3) is 0 Å². The molecule has 2 N–H and O–H groups in total. The Morgan fingerprint density at radius 1 is 1.11 bits per heavy atom. The summed E-state index contributed by atoms with van der Waals surface area (Å²) in [5.74, 6) is 1.51. The van der Waals surface area contributed by atoms with E-state index in [9.17, 15) is 4.79 Å². The number of hydrogen-bond acceptors (Lipinski definition) is 3. The summed E-state index contributed by atoms with van der Waals surface area (Å²) in [5.41, 5.74) is 11.4. The van der Waals surface area contributed by atoms with Gasteiger partial charge in [0, 0.05) is 29.0 Å². The topological polar surface area (TPSA) is 49.6 Å². The molecule has 27 heavy (non-hydrogen) atoms. The molecule has 1 radical (unpaired) electrons. The zero-order valence-electron chi connectivity index (χ0n) is 16.6. The third-order valence-electron chi connectivity index (χ3n) is 5.65. The van der Waals surface area contributed by atoms with Gasteiger partial charge in [-0.3, -0.25) is 9.69 Å². The van der Waals surface area contributed by atoms with Gasteiger partial charge >= 0.3 is 0 Å². The molecule has 1 unspecified atom stereocenters. The summed E-state index contributed by atoms with van der Waals surface area (Å²) in [6.07, 6.45) is 1.35. The molecule has 2 aliphatic heterocycles. The first-order valence-electron chi connectivity index (χ1n) is 9.62. The standard InChI is InChI=1S/C23H28N3O/c1-15(2)14-25-19-10-9-18(24)11-17(19)13-23(3,4)22(25)26-20-8-6-5-7-16(20)12-21(26)27/h5-11,22H,12-14,24H2,1-4H3. The van der Waals surface area contributed by atoms with E-state index in [1.165, 1.54) is 17.2 Å². The molecule has 2 aromatic rings. The lowest BCUT2D eigenvalue weighted by atomic mass is 9.76. The van der Waals surface area contributed by atoms with Crippen LogP contribution in [0.3, 0.4) is 0 Å². The maximum atomic E-state index is 13.1. The van der Waals surface area contributed by atoms with E-state index in [-0.39, 0.29) is 17.5 Å². The fourth-order valence-electron chi connectivity index (χ4n) is 4.71. The van der Waals surface area contributed by atoms with Gasteiger partial charge in [0.2, 0.25) is 5.91 Å². The minimum atomic E-state index is -0.108. The number of rotatable bonds is 3. The van der Waals surface area contributed by atoms with Gasteiger partial charge in [0.15, 0.2) is 0 Å². The molecule has 4 nitrogen and oxygen atoms in total. The van der Waals surface area contributed by atoms with Gasteiger partial charge in [-0.05, 0) is 47.7 Å². The molecule has 0 bridgehead atoms. The zero-order valence-corrected chi connectivity index (χ0v) is 16.6. The quantitative estimate of drug-likeness (QED) is 0.833. The third kappa shape index (κ3) is 2.97. The molecule has 2 aromatic carbocycles. The lowest BCUT2D eigenvalue weighted by Crippen LogP contribution is -2.61. The van der Waals surface area contributed by atoms with Crippen molar-refractivity contribution in [1.29, 1.82) is 0 Å². The highest BCUT2D eigenvalue weighted by Crippen LogP contribution is 2.46. The summed E-state index contributed by atoms with van der Waals surface area (Å²) in [6.45, 7) is 9.63. The Balaban J connectivity index is 1.87. The van der Waals surface area contributed by atoms with Crippen LogP contribution in [-0.2, 0) is 17.6 Å². The van der Waals surface area contributed by atoms with Crippen LogP contribution >= 0.6 is 0 Å². The first-order chi connectivity index (χ1) is 12.8. The Labute approximate surface area is 162 Å². The number of nitrogens with zero attached hydrogens (tertiary/aromatic N) is 2. The van der Waals surface area contributed by atoms with Crippen molar-refractivity contribution in [1.82, 2.24) is 0 Å². The van der Waals surface area contributed by atoms with Crippen molar-refractivity contribution < 1.29 is 4.79 Å². The van der Waals surface area contributed by atoms with E-state index in [4.69, 9.17) is 5.73 Å². The molecule has 0 saturated heterocycles. The second-order valence-corrected chi connectivity index (χ2v) is 8.83. The average Bonchev–Trinajstić information content (AvgIpc) is 2.89. The minimum absolute atomic E-state index is 0.0281. The van der Waals surface area contributed by atoms with Crippen LogP contribution in [0.4, 0.5) is 17.1 Å². The molecule has 0 spiro atoms. The van der Waals surface area contributed by atoms with Crippen LogP contribution in [0.1, 0.15) is 38.8 Å². The molecule has 0 aromatic heterocycles. The van der Waals surface area contributed by atoms with Crippen LogP contribution in [0, 0.1) is 11.3 Å². The number of anilines is 3. The monoisotopic (exact) mass is 362 g/mol. The Morgan fingerprint density at radius 2 is 1.85 bits per heavy atom. The molecule has 0 aliphatic carbocycles. The first-order valence-corrected chi connectivity index (χ1v) is 9.62. The summed E-state index contributed by atoms with van der Waals surface area (Å²) in [7, 11) is 0. The molecule has 1 amide bonds. The van der Waals surface area contributed by atoms with E-state index in [1.807, 2.05) is 23.1 Å². The predicted octanol–water partition coefficient (Wildman–Crippen LogP) is 4.19. The second-order valence-electron chi connectivity index (χ2n) is 8.83. The predicted molar refractivity (Wildman–Crippen MR) is 112 cm³/mol. The number of hydrogen-bond donors (Lipinski definition) is 1. The first kappa shape index (κ1) is 17.9. The summed E-state index contributed by atoms with van der Waals surface area (Å²) in [6, 6.07) is 14.4. The van der Waals surface area contributed by atoms with E-state index in [1.54, 1.807) is 0 Å². The van der Waals surface area contributed by atoms with E-state index in [0.717, 1.165) is 29.9 Å². The van der Waals surface area contributed by atoms with Gasteiger partial charge in [-0.25, -0.2) is 0 Å². The number of carbonyl (C=O) groups is 1. The van der Waals surface area contributed by atoms with Gasteiger partial charge in [0.05, 0.1) is 6.42 Å². The fourth-order valence-corrected chi connectivity index (χ4v) is 4.71. The van der Waals surface area contributed by atoms with Crippen molar-refractivity contribution >= 4 is 23.0 Å². The average molecular weight is 362 g/mol. The van der Waals surface area contributed by atoms with Crippen molar-refractivity contribution in [3.8, 4) is 0 Å². The van der Waals surface area contributed by atoms with E-state index < -0.39 is 0 Å². The number of para-hydroxylation sites is 1. The van der Waals surface area contributed by atoms with Crippen LogP contribution in [-0.4, -0.2) is 18.6 Å². The summed E-state index contributed by atoms with van der Waals surface area (Å²) >= 11 is 0. The largest absolute Gasteiger partial charge is 0.399 e. The van der Waals surface area contributed by atoms with Crippen LogP contribution < -0.4 is 15.5 Å². The Bertz CT molecular complexity index is 887. The maximum Gasteiger partial charge on any atom is 0.233 e. The third-order valence-corrected chi connectivity index (χ3v) is 5.65. The molecule has 141 valence electrons. The Morgan fingerprint density at radius 3 is 2.59 bits per heavy atom. The van der Waals surface area contributed by atoms with Crippen molar-refractivity contribution in [3.05, 3.63) is 59.5 Å². The SMILES string of the molecule is C[C](C)CN1c2ccc(N)cc2CC(C)(C)C1N1C(=O)Cc2ccccc21.